The Morgan fingerprint density at radius 1 is 1.22 bits per heavy atom. The van der Waals surface area contributed by atoms with Crippen LogP contribution in [-0.4, -0.2) is 24.8 Å². The lowest BCUT2D eigenvalue weighted by molar-refractivity contribution is 0.551. The molecule has 0 radical (unpaired) electrons. The molecule has 0 spiro atoms. The number of benzene rings is 2. The van der Waals surface area contributed by atoms with Gasteiger partial charge in [-0.1, -0.05) is 17.7 Å². The number of nitrogens with zero attached hydrogens (tertiary/aromatic N) is 2. The summed E-state index contributed by atoms with van der Waals surface area (Å²) in [6.07, 6.45) is 1.63. The van der Waals surface area contributed by atoms with Crippen molar-refractivity contribution < 1.29 is 4.39 Å². The maximum absolute atomic E-state index is 14.3. The van der Waals surface area contributed by atoms with Crippen molar-refractivity contribution in [2.24, 2.45) is 4.99 Å². The van der Waals surface area contributed by atoms with Crippen molar-refractivity contribution in [3.05, 3.63) is 52.3 Å². The van der Waals surface area contributed by atoms with E-state index in [-0.39, 0.29) is 5.82 Å². The molecule has 0 atom stereocenters. The monoisotopic (exact) mass is 333 g/mol. The molecule has 2 aromatic rings. The third kappa shape index (κ3) is 4.45. The highest BCUT2D eigenvalue weighted by atomic mass is 35.5. The number of halogens is 2. The van der Waals surface area contributed by atoms with E-state index in [0.29, 0.717) is 16.4 Å². The zero-order valence-corrected chi connectivity index (χ0v) is 14.6. The van der Waals surface area contributed by atoms with Gasteiger partial charge in [-0.25, -0.2) is 9.38 Å². The summed E-state index contributed by atoms with van der Waals surface area (Å²) in [5.74, 6) is -0.373. The van der Waals surface area contributed by atoms with Crippen LogP contribution in [0, 0.1) is 19.7 Å². The molecule has 0 fully saturated rings. The van der Waals surface area contributed by atoms with E-state index in [2.05, 4.69) is 10.3 Å². The predicted octanol–water partition coefficient (Wildman–Crippen LogP) is 5.45. The summed E-state index contributed by atoms with van der Waals surface area (Å²) < 4.78 is 14.3. The molecular weight excluding hydrogens is 313 g/mol. The molecule has 0 aliphatic heterocycles. The quantitative estimate of drug-likeness (QED) is 0.582. The molecule has 0 amide bonds. The Hall–Kier alpha value is -2.07. The van der Waals surface area contributed by atoms with Crippen molar-refractivity contribution in [1.82, 2.24) is 4.90 Å². The largest absolute Gasteiger partial charge is 0.366 e. The molecule has 3 nitrogen and oxygen atoms in total. The Morgan fingerprint density at radius 3 is 2.65 bits per heavy atom. The Labute approximate surface area is 141 Å². The van der Waals surface area contributed by atoms with Gasteiger partial charge in [0.1, 0.15) is 5.69 Å². The van der Waals surface area contributed by atoms with E-state index in [1.54, 1.807) is 12.4 Å². The second kappa shape index (κ2) is 7.47. The summed E-state index contributed by atoms with van der Waals surface area (Å²) in [5.41, 5.74) is 3.74. The molecule has 0 heterocycles. The Balaban J connectivity index is 2.29. The Bertz CT molecular complexity index is 728. The molecule has 0 bridgehead atoms. The zero-order valence-electron chi connectivity index (χ0n) is 13.8. The number of aryl methyl sites for hydroxylation is 2. The van der Waals surface area contributed by atoms with Crippen molar-refractivity contribution in [1.29, 1.82) is 0 Å². The van der Waals surface area contributed by atoms with E-state index in [4.69, 9.17) is 11.6 Å². The van der Waals surface area contributed by atoms with Crippen LogP contribution < -0.4 is 5.32 Å². The van der Waals surface area contributed by atoms with Crippen LogP contribution in [0.2, 0.25) is 5.02 Å². The van der Waals surface area contributed by atoms with Gasteiger partial charge in [0.2, 0.25) is 0 Å². The van der Waals surface area contributed by atoms with Crippen LogP contribution in [0.25, 0.3) is 0 Å². The fourth-order valence-electron chi connectivity index (χ4n) is 2.02. The van der Waals surface area contributed by atoms with Gasteiger partial charge in [0.05, 0.1) is 17.0 Å². The number of nitrogens with one attached hydrogen (secondary N) is 1. The van der Waals surface area contributed by atoms with Gasteiger partial charge in [0, 0.05) is 19.3 Å². The Morgan fingerprint density at radius 2 is 1.96 bits per heavy atom. The fourth-order valence-corrected chi connectivity index (χ4v) is 2.19. The first-order valence-corrected chi connectivity index (χ1v) is 7.86. The zero-order chi connectivity index (χ0) is 17.0. The predicted molar refractivity (Wildman–Crippen MR) is 97.1 cm³/mol. The van der Waals surface area contributed by atoms with Crippen LogP contribution in [0.3, 0.4) is 0 Å². The van der Waals surface area contributed by atoms with Crippen LogP contribution in [0.5, 0.6) is 0 Å². The summed E-state index contributed by atoms with van der Waals surface area (Å²) in [6, 6.07) is 8.86. The molecule has 2 aromatic carbocycles. The molecular formula is C18H21ClFN3. The molecule has 0 unspecified atom stereocenters. The maximum Gasteiger partial charge on any atom is 0.150 e. The molecule has 1 N–H and O–H groups in total. The molecule has 2 rings (SSSR count). The lowest BCUT2D eigenvalue weighted by Gasteiger charge is -2.13. The number of aliphatic imine (C=N–C) groups is 1. The van der Waals surface area contributed by atoms with Gasteiger partial charge in [0.25, 0.3) is 0 Å². The van der Waals surface area contributed by atoms with Gasteiger partial charge in [0.15, 0.2) is 5.82 Å². The van der Waals surface area contributed by atoms with Crippen LogP contribution >= 0.6 is 11.6 Å². The SMILES string of the molecule is CCN(C)/C=N\c1cc(C)c(Nc2cc(C)ccc2Cl)cc1F. The lowest BCUT2D eigenvalue weighted by Crippen LogP contribution is -2.14. The molecule has 0 aliphatic rings. The highest BCUT2D eigenvalue weighted by Crippen LogP contribution is 2.31. The van der Waals surface area contributed by atoms with Gasteiger partial charge in [-0.05, 0) is 56.2 Å². The average molecular weight is 334 g/mol. The first kappa shape index (κ1) is 17.3. The van der Waals surface area contributed by atoms with E-state index in [9.17, 15) is 4.39 Å². The van der Waals surface area contributed by atoms with Gasteiger partial charge < -0.3 is 10.2 Å². The number of hydrogen-bond donors (Lipinski definition) is 1. The second-order valence-corrected chi connectivity index (χ2v) is 5.95. The van der Waals surface area contributed by atoms with Crippen molar-refractivity contribution >= 4 is 35.0 Å². The van der Waals surface area contributed by atoms with Crippen molar-refractivity contribution in [3.8, 4) is 0 Å². The minimum Gasteiger partial charge on any atom is -0.366 e. The summed E-state index contributed by atoms with van der Waals surface area (Å²) >= 11 is 6.18. The first-order valence-electron chi connectivity index (χ1n) is 7.48. The summed E-state index contributed by atoms with van der Waals surface area (Å²) in [7, 11) is 1.89. The number of rotatable bonds is 5. The summed E-state index contributed by atoms with van der Waals surface area (Å²) in [4.78, 5) is 6.07. The first-order chi connectivity index (χ1) is 10.9. The second-order valence-electron chi connectivity index (χ2n) is 5.54. The van der Waals surface area contributed by atoms with E-state index in [1.807, 2.05) is 50.9 Å². The van der Waals surface area contributed by atoms with Gasteiger partial charge >= 0.3 is 0 Å². The minimum absolute atomic E-state index is 0.323. The highest BCUT2D eigenvalue weighted by Gasteiger charge is 2.09. The number of hydrogen-bond acceptors (Lipinski definition) is 2. The average Bonchev–Trinajstić information content (AvgIpc) is 2.52. The van der Waals surface area contributed by atoms with Crippen molar-refractivity contribution in [3.63, 3.8) is 0 Å². The summed E-state index contributed by atoms with van der Waals surface area (Å²) in [6.45, 7) is 6.72. The fraction of sp³-hybridized carbons (Fsp3) is 0.278. The minimum atomic E-state index is -0.373. The maximum atomic E-state index is 14.3. The van der Waals surface area contributed by atoms with Crippen LogP contribution in [-0.2, 0) is 0 Å². The summed E-state index contributed by atoms with van der Waals surface area (Å²) in [5, 5.41) is 3.79. The molecule has 0 aromatic heterocycles. The standard InChI is InChI=1S/C18H21ClFN3/c1-5-23(4)11-21-18-9-13(3)16(10-15(18)20)22-17-8-12(2)6-7-14(17)19/h6-11,22H,5H2,1-4H3/b21-11-. The van der Waals surface area contributed by atoms with E-state index < -0.39 is 0 Å². The van der Waals surface area contributed by atoms with Gasteiger partial charge in [-0.3, -0.25) is 0 Å². The third-order valence-electron chi connectivity index (χ3n) is 3.58. The van der Waals surface area contributed by atoms with Gasteiger partial charge in [-0.15, -0.1) is 0 Å². The molecule has 122 valence electrons. The van der Waals surface area contributed by atoms with E-state index in [0.717, 1.165) is 23.4 Å². The van der Waals surface area contributed by atoms with E-state index >= 15 is 0 Å². The van der Waals surface area contributed by atoms with Crippen LogP contribution in [0.4, 0.5) is 21.5 Å². The van der Waals surface area contributed by atoms with Crippen LogP contribution in [0.1, 0.15) is 18.1 Å². The number of anilines is 2. The molecule has 0 saturated carbocycles. The van der Waals surface area contributed by atoms with Gasteiger partial charge in [-0.2, -0.15) is 0 Å². The molecule has 5 heteroatoms. The normalized spacial score (nSPS) is 11.0. The van der Waals surface area contributed by atoms with Crippen molar-refractivity contribution in [2.75, 3.05) is 18.9 Å². The topological polar surface area (TPSA) is 27.6 Å². The molecule has 0 aliphatic carbocycles. The smallest absolute Gasteiger partial charge is 0.150 e. The molecule has 23 heavy (non-hydrogen) atoms. The van der Waals surface area contributed by atoms with Crippen molar-refractivity contribution in [2.45, 2.75) is 20.8 Å². The highest BCUT2D eigenvalue weighted by molar-refractivity contribution is 6.33. The Kier molecular flexibility index (Phi) is 5.61. The third-order valence-corrected chi connectivity index (χ3v) is 3.91. The van der Waals surface area contributed by atoms with E-state index in [1.165, 1.54) is 6.07 Å². The molecule has 0 saturated heterocycles. The lowest BCUT2D eigenvalue weighted by atomic mass is 10.1. The van der Waals surface area contributed by atoms with Crippen LogP contribution in [0.15, 0.2) is 35.3 Å².